The van der Waals surface area contributed by atoms with Crippen LogP contribution in [0.4, 0.5) is 0 Å². The largest absolute Gasteiger partial charge is 0.472 e. The van der Waals surface area contributed by atoms with Crippen molar-refractivity contribution in [1.82, 2.24) is 0 Å². The normalized spacial score (nSPS) is 14.1. The zero-order valence-corrected chi connectivity index (χ0v) is 51.4. The van der Waals surface area contributed by atoms with E-state index in [1.54, 1.807) is 0 Å². The van der Waals surface area contributed by atoms with Gasteiger partial charge in [-0.3, -0.25) is 23.4 Å². The molecule has 0 fully saturated rings. The lowest BCUT2D eigenvalue weighted by atomic mass is 10.1. The van der Waals surface area contributed by atoms with Gasteiger partial charge in [0.1, 0.15) is 12.7 Å². The van der Waals surface area contributed by atoms with E-state index < -0.39 is 57.8 Å². The maximum absolute atomic E-state index is 12.9. The van der Waals surface area contributed by atoms with E-state index in [-0.39, 0.29) is 25.9 Å². The first-order valence-electron chi connectivity index (χ1n) is 31.4. The van der Waals surface area contributed by atoms with E-state index in [0.29, 0.717) is 19.3 Å². The molecule has 0 amide bonds. The molecule has 0 saturated heterocycles. The summed E-state index contributed by atoms with van der Waals surface area (Å²) in [6.45, 7) is 4.41. The highest BCUT2D eigenvalue weighted by Gasteiger charge is 2.28. The maximum Gasteiger partial charge on any atom is 0.472 e. The predicted octanol–water partition coefficient (Wildman–Crippen LogP) is 19.1. The topological polar surface area (TPSA) is 155 Å². The molecule has 0 saturated carbocycles. The van der Waals surface area contributed by atoms with Crippen LogP contribution in [0, 0.1) is 0 Å². The summed E-state index contributed by atoms with van der Waals surface area (Å²) in [5.74, 6) is -1.54. The minimum absolute atomic E-state index is 0.118. The van der Waals surface area contributed by atoms with Gasteiger partial charge in [-0.1, -0.05) is 219 Å². The molecule has 0 rings (SSSR count). The second-order valence-corrected chi connectivity index (χ2v) is 21.9. The standard InChI is InChI=1S/C68H113O11P/c1-4-7-10-13-16-19-22-25-28-30-32-34-37-40-43-46-49-52-55-58-67(71)78-64(60-69)62-76-80(73,74)77-63-65(61-75-66(70)57-54-51-48-45-42-39-36-27-24-21-18-15-12-9-6-3)79-68(72)59-56-53-50-47-44-41-38-35-33-31-29-26-23-20-17-14-11-8-5-2/h8,11,16-21,25-29,32-36,41,44,64-65,69H,4-7,9-10,12-15,22-24,30-31,37-40,42-43,45-63H2,1-3H3,(H,73,74)/b11-8-,19-16-,20-17-,21-18-,28-25-,29-26-,34-32-,35-33-,36-27-,44-41-. The van der Waals surface area contributed by atoms with Gasteiger partial charge in [0.2, 0.25) is 0 Å². The highest BCUT2D eigenvalue weighted by molar-refractivity contribution is 7.47. The summed E-state index contributed by atoms with van der Waals surface area (Å²) in [5, 5.41) is 9.85. The van der Waals surface area contributed by atoms with Crippen LogP contribution in [0.1, 0.15) is 252 Å². The average Bonchev–Trinajstić information content (AvgIpc) is 3.45. The second-order valence-electron chi connectivity index (χ2n) is 20.5. The van der Waals surface area contributed by atoms with Gasteiger partial charge in [-0.25, -0.2) is 4.57 Å². The number of allylic oxidation sites excluding steroid dienone is 20. The van der Waals surface area contributed by atoms with Gasteiger partial charge in [-0.2, -0.15) is 0 Å². The van der Waals surface area contributed by atoms with E-state index in [0.717, 1.165) is 148 Å². The Balaban J connectivity index is 4.79. The van der Waals surface area contributed by atoms with Crippen LogP contribution in [0.5, 0.6) is 0 Å². The lowest BCUT2D eigenvalue weighted by Crippen LogP contribution is -2.30. The summed E-state index contributed by atoms with van der Waals surface area (Å²) < 4.78 is 39.6. The molecule has 0 aromatic heterocycles. The zero-order valence-electron chi connectivity index (χ0n) is 50.5. The van der Waals surface area contributed by atoms with Crippen LogP contribution in [0.2, 0.25) is 0 Å². The van der Waals surface area contributed by atoms with Crippen molar-refractivity contribution in [3.8, 4) is 0 Å². The SMILES string of the molecule is CC/C=C\C/C=C\C/C=C\C/C=C\C/C=C\CCCCCC(=O)OC(COC(=O)CCCCCCC/C=C\C/C=C\CCCCC)COP(=O)(O)OCC(CO)OC(=O)CCCCCCCC/C=C\C/C=C\C/C=C\CCCCC. The number of aliphatic hydroxyl groups excluding tert-OH is 1. The molecule has 80 heavy (non-hydrogen) atoms. The minimum Gasteiger partial charge on any atom is -0.462 e. The Morgan fingerprint density at radius 2 is 0.650 bits per heavy atom. The zero-order chi connectivity index (χ0) is 58.3. The van der Waals surface area contributed by atoms with Gasteiger partial charge in [0.15, 0.2) is 6.10 Å². The monoisotopic (exact) mass is 1140 g/mol. The number of carbonyl (C=O) groups excluding carboxylic acids is 3. The molecule has 0 bridgehead atoms. The van der Waals surface area contributed by atoms with Crippen LogP contribution in [0.15, 0.2) is 122 Å². The number of unbranched alkanes of at least 4 members (excludes halogenated alkanes) is 20. The van der Waals surface area contributed by atoms with Gasteiger partial charge in [-0.15, -0.1) is 0 Å². The van der Waals surface area contributed by atoms with Crippen molar-refractivity contribution in [1.29, 1.82) is 0 Å². The van der Waals surface area contributed by atoms with Crippen molar-refractivity contribution in [3.05, 3.63) is 122 Å². The molecule has 0 aromatic rings. The smallest absolute Gasteiger partial charge is 0.462 e. The molecule has 0 aliphatic carbocycles. The molecule has 2 N–H and O–H groups in total. The van der Waals surface area contributed by atoms with Crippen molar-refractivity contribution in [2.45, 2.75) is 264 Å². The van der Waals surface area contributed by atoms with Gasteiger partial charge in [0.25, 0.3) is 0 Å². The number of phosphoric ester groups is 1. The van der Waals surface area contributed by atoms with E-state index in [1.165, 1.54) is 44.9 Å². The number of hydrogen-bond acceptors (Lipinski definition) is 10. The number of ether oxygens (including phenoxy) is 3. The van der Waals surface area contributed by atoms with Crippen molar-refractivity contribution >= 4 is 25.7 Å². The highest BCUT2D eigenvalue weighted by Crippen LogP contribution is 2.43. The van der Waals surface area contributed by atoms with Crippen molar-refractivity contribution < 1.29 is 52.2 Å². The summed E-state index contributed by atoms with van der Waals surface area (Å²) in [6.07, 6.45) is 75.7. The van der Waals surface area contributed by atoms with E-state index in [2.05, 4.69) is 142 Å². The van der Waals surface area contributed by atoms with Gasteiger partial charge < -0.3 is 24.2 Å². The van der Waals surface area contributed by atoms with Crippen LogP contribution < -0.4 is 0 Å². The summed E-state index contributed by atoms with van der Waals surface area (Å²) in [5.41, 5.74) is 0. The maximum atomic E-state index is 12.9. The van der Waals surface area contributed by atoms with Crippen molar-refractivity contribution in [2.24, 2.45) is 0 Å². The van der Waals surface area contributed by atoms with Crippen molar-refractivity contribution in [3.63, 3.8) is 0 Å². The minimum atomic E-state index is -4.78. The van der Waals surface area contributed by atoms with Gasteiger partial charge >= 0.3 is 25.7 Å². The molecule has 0 aromatic carbocycles. The molecule has 0 radical (unpaired) electrons. The first-order chi connectivity index (χ1) is 39.2. The third kappa shape index (κ3) is 58.5. The predicted molar refractivity (Wildman–Crippen MR) is 334 cm³/mol. The Morgan fingerprint density at radius 3 is 1.01 bits per heavy atom. The van der Waals surface area contributed by atoms with Crippen LogP contribution in [-0.4, -0.2) is 66.5 Å². The molecular formula is C68H113O11P. The Labute approximate surface area is 487 Å². The molecule has 0 spiro atoms. The van der Waals surface area contributed by atoms with Crippen LogP contribution >= 0.6 is 7.82 Å². The van der Waals surface area contributed by atoms with E-state index in [9.17, 15) is 28.9 Å². The Bertz CT molecular complexity index is 1800. The number of aliphatic hydroxyl groups is 1. The average molecular weight is 1140 g/mol. The molecule has 0 aliphatic heterocycles. The highest BCUT2D eigenvalue weighted by atomic mass is 31.2. The summed E-state index contributed by atoms with van der Waals surface area (Å²) in [4.78, 5) is 48.7. The van der Waals surface area contributed by atoms with Crippen LogP contribution in [-0.2, 0) is 42.2 Å². The Hall–Kier alpha value is -4.12. The van der Waals surface area contributed by atoms with Crippen molar-refractivity contribution in [2.75, 3.05) is 26.4 Å². The molecule has 0 heterocycles. The lowest BCUT2D eigenvalue weighted by Gasteiger charge is -2.21. The molecule has 456 valence electrons. The van der Waals surface area contributed by atoms with Gasteiger partial charge in [0.05, 0.1) is 19.8 Å². The van der Waals surface area contributed by atoms with Gasteiger partial charge in [-0.05, 0) is 135 Å². The fourth-order valence-electron chi connectivity index (χ4n) is 8.07. The third-order valence-corrected chi connectivity index (χ3v) is 13.8. The Morgan fingerprint density at radius 1 is 0.362 bits per heavy atom. The summed E-state index contributed by atoms with van der Waals surface area (Å²) in [6, 6.07) is 0. The first kappa shape index (κ1) is 75.9. The number of hydrogen-bond donors (Lipinski definition) is 2. The quantitative estimate of drug-likeness (QED) is 0.0197. The number of rotatable bonds is 57. The second kappa shape index (κ2) is 61.0. The third-order valence-electron chi connectivity index (χ3n) is 12.8. The fourth-order valence-corrected chi connectivity index (χ4v) is 8.85. The first-order valence-corrected chi connectivity index (χ1v) is 32.9. The molecule has 0 aliphatic rings. The molecular weight excluding hydrogens is 1020 g/mol. The summed E-state index contributed by atoms with van der Waals surface area (Å²) in [7, 11) is -4.78. The summed E-state index contributed by atoms with van der Waals surface area (Å²) >= 11 is 0. The van der Waals surface area contributed by atoms with E-state index >= 15 is 0 Å². The number of carbonyl (C=O) groups is 3. The molecule has 3 unspecified atom stereocenters. The lowest BCUT2D eigenvalue weighted by molar-refractivity contribution is -0.161. The number of phosphoric acid groups is 1. The fraction of sp³-hybridized carbons (Fsp3) is 0.662. The number of esters is 3. The van der Waals surface area contributed by atoms with Crippen LogP contribution in [0.3, 0.4) is 0 Å². The molecule has 12 heteroatoms. The molecule has 11 nitrogen and oxygen atoms in total. The van der Waals surface area contributed by atoms with E-state index in [1.807, 2.05) is 0 Å². The van der Waals surface area contributed by atoms with Gasteiger partial charge in [0, 0.05) is 19.3 Å². The van der Waals surface area contributed by atoms with Crippen LogP contribution in [0.25, 0.3) is 0 Å². The van der Waals surface area contributed by atoms with E-state index in [4.69, 9.17) is 23.3 Å². The Kier molecular flexibility index (Phi) is 57.8. The molecule has 3 atom stereocenters.